The summed E-state index contributed by atoms with van der Waals surface area (Å²) in [5.41, 5.74) is 2.64. The monoisotopic (exact) mass is 411 g/mol. The third-order valence-corrected chi connectivity index (χ3v) is 4.96. The normalized spacial score (nSPS) is 14.3. The van der Waals surface area contributed by atoms with Gasteiger partial charge in [0, 0.05) is 45.5 Å². The molecule has 2 amide bonds. The van der Waals surface area contributed by atoms with Crippen molar-refractivity contribution in [3.63, 3.8) is 0 Å². The fraction of sp³-hybridized carbons (Fsp3) is 0.391. The molecule has 3 rings (SSSR count). The summed E-state index contributed by atoms with van der Waals surface area (Å²) >= 11 is 0. The lowest BCUT2D eigenvalue weighted by molar-refractivity contribution is 0.0342. The highest BCUT2D eigenvalue weighted by atomic mass is 16.5. The molecule has 0 saturated carbocycles. The zero-order chi connectivity index (χ0) is 21.2. The molecule has 0 unspecified atom stereocenters. The van der Waals surface area contributed by atoms with Gasteiger partial charge in [-0.3, -0.25) is 14.5 Å². The second-order valence-corrected chi connectivity index (χ2v) is 7.19. The fourth-order valence-corrected chi connectivity index (χ4v) is 3.28. The van der Waals surface area contributed by atoms with E-state index < -0.39 is 0 Å². The van der Waals surface area contributed by atoms with Gasteiger partial charge in [-0.15, -0.1) is 0 Å². The lowest BCUT2D eigenvalue weighted by Crippen LogP contribution is -2.35. The summed E-state index contributed by atoms with van der Waals surface area (Å²) in [6.07, 6.45) is 0.730. The maximum absolute atomic E-state index is 12.7. The number of hydrogen-bond acceptors (Lipinski definition) is 5. The largest absolute Gasteiger partial charge is 0.385 e. The van der Waals surface area contributed by atoms with Gasteiger partial charge >= 0.3 is 0 Å². The first-order chi connectivity index (χ1) is 14.7. The van der Waals surface area contributed by atoms with Crippen molar-refractivity contribution in [1.82, 2.24) is 10.2 Å². The predicted octanol–water partition coefficient (Wildman–Crippen LogP) is 2.54. The van der Waals surface area contributed by atoms with Crippen LogP contribution in [0.2, 0.25) is 0 Å². The Hall–Kier alpha value is -2.74. The van der Waals surface area contributed by atoms with Gasteiger partial charge in [-0.25, -0.2) is 0 Å². The van der Waals surface area contributed by atoms with Crippen molar-refractivity contribution in [2.45, 2.75) is 13.0 Å². The van der Waals surface area contributed by atoms with Crippen LogP contribution in [0.25, 0.3) is 0 Å². The van der Waals surface area contributed by atoms with Gasteiger partial charge in [0.2, 0.25) is 0 Å². The highest BCUT2D eigenvalue weighted by Gasteiger charge is 2.15. The van der Waals surface area contributed by atoms with E-state index in [0.717, 1.165) is 44.8 Å². The second kappa shape index (κ2) is 11.4. The molecule has 7 heteroatoms. The summed E-state index contributed by atoms with van der Waals surface area (Å²) in [4.78, 5) is 27.5. The standard InChI is InChI=1S/C23H29N3O4/c1-29-14-4-11-24-23(28)20-5-2-3-6-21(20)25-22(27)19-9-7-18(8-10-19)17-26-12-15-30-16-13-26/h2-3,5-10H,4,11-17H2,1H3,(H,24,28)(H,25,27). The average Bonchev–Trinajstić information content (AvgIpc) is 2.78. The second-order valence-electron chi connectivity index (χ2n) is 7.19. The minimum atomic E-state index is -0.243. The number of carbonyl (C=O) groups is 2. The van der Waals surface area contributed by atoms with Gasteiger partial charge in [0.15, 0.2) is 0 Å². The molecule has 0 bridgehead atoms. The van der Waals surface area contributed by atoms with E-state index in [1.165, 1.54) is 0 Å². The summed E-state index contributed by atoms with van der Waals surface area (Å²) in [6, 6.07) is 14.6. The van der Waals surface area contributed by atoms with Crippen LogP contribution in [0.15, 0.2) is 48.5 Å². The van der Waals surface area contributed by atoms with Crippen LogP contribution in [-0.4, -0.2) is 63.3 Å². The number of carbonyl (C=O) groups excluding carboxylic acids is 2. The highest BCUT2D eigenvalue weighted by Crippen LogP contribution is 2.17. The smallest absolute Gasteiger partial charge is 0.255 e. The van der Waals surface area contributed by atoms with Crippen molar-refractivity contribution in [3.8, 4) is 0 Å². The van der Waals surface area contributed by atoms with Gasteiger partial charge in [-0.1, -0.05) is 24.3 Å². The molecule has 1 heterocycles. The topological polar surface area (TPSA) is 79.9 Å². The predicted molar refractivity (Wildman–Crippen MR) is 116 cm³/mol. The van der Waals surface area contributed by atoms with Crippen LogP contribution in [0, 0.1) is 0 Å². The van der Waals surface area contributed by atoms with Crippen LogP contribution >= 0.6 is 0 Å². The molecule has 0 aromatic heterocycles. The molecule has 2 aromatic carbocycles. The number of methoxy groups -OCH3 is 1. The number of benzene rings is 2. The van der Waals surface area contributed by atoms with E-state index in [4.69, 9.17) is 9.47 Å². The number of para-hydroxylation sites is 1. The molecule has 160 valence electrons. The summed E-state index contributed by atoms with van der Waals surface area (Å²) < 4.78 is 10.4. The van der Waals surface area contributed by atoms with Crippen molar-refractivity contribution in [2.75, 3.05) is 51.9 Å². The highest BCUT2D eigenvalue weighted by molar-refractivity contribution is 6.09. The molecule has 30 heavy (non-hydrogen) atoms. The third kappa shape index (κ3) is 6.38. The van der Waals surface area contributed by atoms with Crippen LogP contribution < -0.4 is 10.6 Å². The summed E-state index contributed by atoms with van der Waals surface area (Å²) in [7, 11) is 1.63. The Morgan fingerprint density at radius 1 is 1.03 bits per heavy atom. The quantitative estimate of drug-likeness (QED) is 0.620. The number of anilines is 1. The van der Waals surface area contributed by atoms with Crippen molar-refractivity contribution in [1.29, 1.82) is 0 Å². The molecule has 0 aliphatic carbocycles. The number of rotatable bonds is 9. The van der Waals surface area contributed by atoms with E-state index in [0.29, 0.717) is 30.0 Å². The minimum absolute atomic E-state index is 0.220. The van der Waals surface area contributed by atoms with Crippen LogP contribution in [0.3, 0.4) is 0 Å². The summed E-state index contributed by atoms with van der Waals surface area (Å²) in [6.45, 7) is 5.32. The van der Waals surface area contributed by atoms with Gasteiger partial charge in [0.25, 0.3) is 11.8 Å². The molecule has 7 nitrogen and oxygen atoms in total. The van der Waals surface area contributed by atoms with E-state index in [-0.39, 0.29) is 11.8 Å². The molecule has 1 aliphatic heterocycles. The Kier molecular flexibility index (Phi) is 8.38. The number of ether oxygens (including phenoxy) is 2. The number of hydrogen-bond donors (Lipinski definition) is 2. The van der Waals surface area contributed by atoms with E-state index in [2.05, 4.69) is 15.5 Å². The van der Waals surface area contributed by atoms with Crippen molar-refractivity contribution < 1.29 is 19.1 Å². The molecule has 1 fully saturated rings. The van der Waals surface area contributed by atoms with Crippen LogP contribution in [0.4, 0.5) is 5.69 Å². The number of nitrogens with zero attached hydrogens (tertiary/aromatic N) is 1. The van der Waals surface area contributed by atoms with E-state index in [9.17, 15) is 9.59 Å². The molecular weight excluding hydrogens is 382 g/mol. The Morgan fingerprint density at radius 3 is 2.50 bits per heavy atom. The Balaban J connectivity index is 1.59. The lowest BCUT2D eigenvalue weighted by Gasteiger charge is -2.26. The molecule has 1 saturated heterocycles. The molecule has 0 atom stereocenters. The fourth-order valence-electron chi connectivity index (χ4n) is 3.28. The molecule has 1 aliphatic rings. The van der Waals surface area contributed by atoms with E-state index in [1.54, 1.807) is 31.4 Å². The van der Waals surface area contributed by atoms with Gasteiger partial charge in [-0.05, 0) is 36.2 Å². The minimum Gasteiger partial charge on any atom is -0.385 e. The number of amides is 2. The zero-order valence-corrected chi connectivity index (χ0v) is 17.4. The zero-order valence-electron chi connectivity index (χ0n) is 17.4. The number of morpholine rings is 1. The molecule has 2 N–H and O–H groups in total. The molecule has 0 radical (unpaired) electrons. The Labute approximate surface area is 177 Å². The molecular formula is C23H29N3O4. The van der Waals surface area contributed by atoms with E-state index >= 15 is 0 Å². The Bertz CT molecular complexity index is 833. The van der Waals surface area contributed by atoms with E-state index in [1.807, 2.05) is 24.3 Å². The first-order valence-electron chi connectivity index (χ1n) is 10.2. The van der Waals surface area contributed by atoms with Crippen molar-refractivity contribution in [3.05, 3.63) is 65.2 Å². The van der Waals surface area contributed by atoms with Crippen LogP contribution in [0.1, 0.15) is 32.7 Å². The summed E-state index contributed by atoms with van der Waals surface area (Å²) in [5.74, 6) is -0.463. The SMILES string of the molecule is COCCCNC(=O)c1ccccc1NC(=O)c1ccc(CN2CCOCC2)cc1. The van der Waals surface area contributed by atoms with Gasteiger partial charge in [0.1, 0.15) is 0 Å². The average molecular weight is 412 g/mol. The maximum atomic E-state index is 12.7. The van der Waals surface area contributed by atoms with Crippen molar-refractivity contribution in [2.24, 2.45) is 0 Å². The summed E-state index contributed by atoms with van der Waals surface area (Å²) in [5, 5.41) is 5.71. The number of nitrogens with one attached hydrogen (secondary N) is 2. The third-order valence-electron chi connectivity index (χ3n) is 4.96. The van der Waals surface area contributed by atoms with Crippen LogP contribution in [0.5, 0.6) is 0 Å². The molecule has 2 aromatic rings. The van der Waals surface area contributed by atoms with Gasteiger partial charge in [0.05, 0.1) is 24.5 Å². The van der Waals surface area contributed by atoms with Crippen LogP contribution in [-0.2, 0) is 16.0 Å². The first kappa shape index (κ1) is 22.0. The molecule has 0 spiro atoms. The van der Waals surface area contributed by atoms with Crippen molar-refractivity contribution >= 4 is 17.5 Å². The Morgan fingerprint density at radius 2 is 1.77 bits per heavy atom. The maximum Gasteiger partial charge on any atom is 0.255 e. The van der Waals surface area contributed by atoms with Gasteiger partial charge < -0.3 is 20.1 Å². The first-order valence-corrected chi connectivity index (χ1v) is 10.2. The lowest BCUT2D eigenvalue weighted by atomic mass is 10.1. The van der Waals surface area contributed by atoms with Gasteiger partial charge in [-0.2, -0.15) is 0 Å².